The quantitative estimate of drug-likeness (QED) is 0.281. The van der Waals surface area contributed by atoms with E-state index < -0.39 is 6.10 Å². The standard InChI is InChI=1S/C26H26N6O3S/c33-14-35-24-21(25-29-18-9-3-4-10-20(18)36-25)23(28-16-7-5-11-27-13-16)31-26(32-24)30-22-17-8-2-1-6-15(17)12-19(22)34/h1-4,6,8-10,14,16,19,22,27,34H,5,7,11-13H2,(H2,28,30,31,32)/t16-,19+,22-/m1/s1. The summed E-state index contributed by atoms with van der Waals surface area (Å²) in [5.41, 5.74) is 3.50. The molecule has 36 heavy (non-hydrogen) atoms. The molecule has 0 saturated carbocycles. The van der Waals surface area contributed by atoms with Crippen molar-refractivity contribution in [1.82, 2.24) is 20.3 Å². The van der Waals surface area contributed by atoms with Gasteiger partial charge < -0.3 is 25.8 Å². The molecule has 0 amide bonds. The van der Waals surface area contributed by atoms with Crippen molar-refractivity contribution in [3.05, 3.63) is 59.7 Å². The largest absolute Gasteiger partial charge is 0.409 e. The van der Waals surface area contributed by atoms with Crippen molar-refractivity contribution in [1.29, 1.82) is 0 Å². The number of nitrogens with zero attached hydrogens (tertiary/aromatic N) is 3. The number of fused-ring (bicyclic) bond motifs is 2. The molecule has 0 spiro atoms. The normalized spacial score (nSPS) is 21.2. The third kappa shape index (κ3) is 4.39. The molecule has 6 rings (SSSR count). The molecule has 2 aromatic heterocycles. The number of hydrogen-bond donors (Lipinski definition) is 4. The van der Waals surface area contributed by atoms with Gasteiger partial charge >= 0.3 is 0 Å². The van der Waals surface area contributed by atoms with Gasteiger partial charge in [-0.3, -0.25) is 4.79 Å². The number of piperidine rings is 1. The number of aromatic nitrogens is 3. The maximum absolute atomic E-state index is 11.5. The highest BCUT2D eigenvalue weighted by molar-refractivity contribution is 7.21. The highest BCUT2D eigenvalue weighted by atomic mass is 32.1. The Hall–Kier alpha value is -3.60. The van der Waals surface area contributed by atoms with Crippen LogP contribution in [0.4, 0.5) is 11.8 Å². The number of carbonyl (C=O) groups is 1. The Labute approximate surface area is 212 Å². The van der Waals surface area contributed by atoms with E-state index in [0.717, 1.165) is 47.3 Å². The Morgan fingerprint density at radius 3 is 2.78 bits per heavy atom. The lowest BCUT2D eigenvalue weighted by molar-refractivity contribution is -0.120. The summed E-state index contributed by atoms with van der Waals surface area (Å²) in [6.45, 7) is 2.15. The van der Waals surface area contributed by atoms with Crippen LogP contribution in [0.15, 0.2) is 48.5 Å². The molecule has 2 aromatic carbocycles. The highest BCUT2D eigenvalue weighted by Crippen LogP contribution is 2.41. The molecule has 2 aliphatic rings. The number of hydrogen-bond acceptors (Lipinski definition) is 10. The summed E-state index contributed by atoms with van der Waals surface area (Å²) in [5, 5.41) is 21.7. The van der Waals surface area contributed by atoms with E-state index in [1.165, 1.54) is 11.3 Å². The molecule has 10 heteroatoms. The fraction of sp³-hybridized carbons (Fsp3) is 0.308. The third-order valence-electron chi connectivity index (χ3n) is 6.67. The Balaban J connectivity index is 1.44. The van der Waals surface area contributed by atoms with Crippen LogP contribution in [-0.2, 0) is 11.2 Å². The third-order valence-corrected chi connectivity index (χ3v) is 7.72. The smallest absolute Gasteiger partial charge is 0.299 e. The predicted octanol–water partition coefficient (Wildman–Crippen LogP) is 3.52. The van der Waals surface area contributed by atoms with Gasteiger partial charge in [-0.05, 0) is 42.6 Å². The second-order valence-corrected chi connectivity index (χ2v) is 10.1. The van der Waals surface area contributed by atoms with E-state index in [0.29, 0.717) is 29.3 Å². The zero-order valence-electron chi connectivity index (χ0n) is 19.5. The average molecular weight is 503 g/mol. The number of aliphatic hydroxyl groups is 1. The first-order valence-corrected chi connectivity index (χ1v) is 12.9. The van der Waals surface area contributed by atoms with Crippen LogP contribution < -0.4 is 20.7 Å². The lowest BCUT2D eigenvalue weighted by Crippen LogP contribution is -2.38. The fourth-order valence-corrected chi connectivity index (χ4v) is 5.97. The van der Waals surface area contributed by atoms with Gasteiger partial charge in [0.1, 0.15) is 16.4 Å². The van der Waals surface area contributed by atoms with Gasteiger partial charge in [0.25, 0.3) is 6.47 Å². The number of carbonyl (C=O) groups excluding carboxylic acids is 1. The van der Waals surface area contributed by atoms with Crippen molar-refractivity contribution in [2.75, 3.05) is 23.7 Å². The Morgan fingerprint density at radius 1 is 1.08 bits per heavy atom. The molecule has 9 nitrogen and oxygen atoms in total. The van der Waals surface area contributed by atoms with E-state index in [1.54, 1.807) is 0 Å². The van der Waals surface area contributed by atoms with Gasteiger partial charge in [0.05, 0.1) is 22.4 Å². The molecule has 4 N–H and O–H groups in total. The zero-order chi connectivity index (χ0) is 24.5. The maximum Gasteiger partial charge on any atom is 0.299 e. The van der Waals surface area contributed by atoms with Gasteiger partial charge in [0, 0.05) is 19.0 Å². The van der Waals surface area contributed by atoms with E-state index in [1.807, 2.05) is 48.5 Å². The molecular weight excluding hydrogens is 476 g/mol. The van der Waals surface area contributed by atoms with E-state index in [9.17, 15) is 9.90 Å². The van der Waals surface area contributed by atoms with E-state index >= 15 is 0 Å². The van der Waals surface area contributed by atoms with Crippen LogP contribution in [0.1, 0.15) is 30.0 Å². The zero-order valence-corrected chi connectivity index (χ0v) is 20.3. The van der Waals surface area contributed by atoms with E-state index in [4.69, 9.17) is 14.7 Å². The summed E-state index contributed by atoms with van der Waals surface area (Å²) >= 11 is 1.49. The minimum absolute atomic E-state index is 0.119. The van der Waals surface area contributed by atoms with Crippen LogP contribution in [0.2, 0.25) is 0 Å². The first kappa shape index (κ1) is 22.8. The van der Waals surface area contributed by atoms with Gasteiger partial charge in [-0.2, -0.15) is 9.97 Å². The number of para-hydroxylation sites is 1. The summed E-state index contributed by atoms with van der Waals surface area (Å²) in [6, 6.07) is 15.6. The monoisotopic (exact) mass is 502 g/mol. The molecule has 184 valence electrons. The summed E-state index contributed by atoms with van der Waals surface area (Å²) in [7, 11) is 0. The number of nitrogens with one attached hydrogen (secondary N) is 3. The Kier molecular flexibility index (Phi) is 6.22. The predicted molar refractivity (Wildman–Crippen MR) is 139 cm³/mol. The van der Waals surface area contributed by atoms with Crippen molar-refractivity contribution in [2.45, 2.75) is 37.5 Å². The van der Waals surface area contributed by atoms with Crippen molar-refractivity contribution in [3.8, 4) is 16.5 Å². The number of rotatable bonds is 7. The molecular formula is C26H26N6O3S. The van der Waals surface area contributed by atoms with Crippen LogP contribution in [0.25, 0.3) is 20.8 Å². The van der Waals surface area contributed by atoms with Gasteiger partial charge in [-0.15, -0.1) is 11.3 Å². The minimum atomic E-state index is -0.621. The molecule has 1 aliphatic carbocycles. The molecule has 1 saturated heterocycles. The summed E-state index contributed by atoms with van der Waals surface area (Å²) in [6.07, 6.45) is 1.96. The van der Waals surface area contributed by atoms with Crippen LogP contribution in [0.5, 0.6) is 5.88 Å². The van der Waals surface area contributed by atoms with Crippen molar-refractivity contribution >= 4 is 39.8 Å². The van der Waals surface area contributed by atoms with Crippen molar-refractivity contribution < 1.29 is 14.6 Å². The van der Waals surface area contributed by atoms with Gasteiger partial charge in [0.2, 0.25) is 11.8 Å². The van der Waals surface area contributed by atoms with Crippen LogP contribution >= 0.6 is 11.3 Å². The Morgan fingerprint density at radius 2 is 1.94 bits per heavy atom. The maximum atomic E-state index is 11.5. The summed E-state index contributed by atoms with van der Waals surface area (Å²) < 4.78 is 6.41. The van der Waals surface area contributed by atoms with Gasteiger partial charge in [0.15, 0.2) is 0 Å². The molecule has 3 heterocycles. The molecule has 0 radical (unpaired) electrons. The number of anilines is 2. The summed E-state index contributed by atoms with van der Waals surface area (Å²) in [4.78, 5) is 25.7. The SMILES string of the molecule is O=COc1nc(N[C@@H]2c3ccccc3C[C@@H]2O)nc(N[C@@H]2CCCNC2)c1-c1nc2ccccc2s1. The summed E-state index contributed by atoms with van der Waals surface area (Å²) in [5.74, 6) is 0.926. The fourth-order valence-electron chi connectivity index (χ4n) is 4.97. The lowest BCUT2D eigenvalue weighted by atomic mass is 10.1. The van der Waals surface area contributed by atoms with Crippen LogP contribution in [0.3, 0.4) is 0 Å². The molecule has 1 fully saturated rings. The number of ether oxygens (including phenoxy) is 1. The molecule has 0 bridgehead atoms. The molecule has 3 atom stereocenters. The second kappa shape index (κ2) is 9.81. The van der Waals surface area contributed by atoms with E-state index in [-0.39, 0.29) is 23.9 Å². The topological polar surface area (TPSA) is 121 Å². The minimum Gasteiger partial charge on any atom is -0.409 e. The highest BCUT2D eigenvalue weighted by Gasteiger charge is 2.32. The number of benzene rings is 2. The van der Waals surface area contributed by atoms with E-state index in [2.05, 4.69) is 20.9 Å². The van der Waals surface area contributed by atoms with Crippen molar-refractivity contribution in [2.24, 2.45) is 0 Å². The van der Waals surface area contributed by atoms with Crippen molar-refractivity contribution in [3.63, 3.8) is 0 Å². The first-order valence-electron chi connectivity index (χ1n) is 12.1. The van der Waals surface area contributed by atoms with Crippen LogP contribution in [0, 0.1) is 0 Å². The Bertz CT molecular complexity index is 1370. The molecule has 1 aliphatic heterocycles. The van der Waals surface area contributed by atoms with Gasteiger partial charge in [-0.25, -0.2) is 4.98 Å². The average Bonchev–Trinajstić information content (AvgIpc) is 3.45. The number of thiazole rings is 1. The second-order valence-electron chi connectivity index (χ2n) is 9.06. The first-order chi connectivity index (χ1) is 17.7. The van der Waals surface area contributed by atoms with Gasteiger partial charge in [-0.1, -0.05) is 36.4 Å². The molecule has 4 aromatic rings. The lowest BCUT2D eigenvalue weighted by Gasteiger charge is -2.26. The van der Waals surface area contributed by atoms with Crippen LogP contribution in [-0.4, -0.2) is 51.8 Å². The molecule has 0 unspecified atom stereocenters. The number of aliphatic hydroxyl groups excluding tert-OH is 1.